The molecule has 108 valence electrons. The highest BCUT2D eigenvalue weighted by Gasteiger charge is 2.24. The number of hydrogen-bond donors (Lipinski definition) is 2. The molecule has 3 nitrogen and oxygen atoms in total. The topological polar surface area (TPSA) is 41.5 Å². The molecule has 3 heteroatoms. The molecule has 0 atom stereocenters. The standard InChI is InChI=1S/C16H27NO2/c1-5-16(6-2,12-18)11-17-10-14-9-13(3)7-8-15(14)19-4/h7-9,17-18H,5-6,10-12H2,1-4H3. The van der Waals surface area contributed by atoms with Crippen molar-refractivity contribution in [3.63, 3.8) is 0 Å². The second-order valence-electron chi connectivity index (χ2n) is 5.28. The molecule has 0 fully saturated rings. The molecule has 1 rings (SSSR count). The summed E-state index contributed by atoms with van der Waals surface area (Å²) < 4.78 is 5.37. The van der Waals surface area contributed by atoms with E-state index in [0.717, 1.165) is 31.7 Å². The van der Waals surface area contributed by atoms with E-state index in [4.69, 9.17) is 4.74 Å². The van der Waals surface area contributed by atoms with Crippen LogP contribution in [-0.4, -0.2) is 25.4 Å². The lowest BCUT2D eigenvalue weighted by atomic mass is 9.83. The molecule has 0 unspecified atom stereocenters. The summed E-state index contributed by atoms with van der Waals surface area (Å²) in [5.41, 5.74) is 2.40. The van der Waals surface area contributed by atoms with Crippen molar-refractivity contribution in [2.45, 2.75) is 40.2 Å². The Hall–Kier alpha value is -1.06. The molecule has 19 heavy (non-hydrogen) atoms. The summed E-state index contributed by atoms with van der Waals surface area (Å²) >= 11 is 0. The zero-order chi connectivity index (χ0) is 14.3. The van der Waals surface area contributed by atoms with Gasteiger partial charge in [-0.1, -0.05) is 31.5 Å². The molecule has 2 N–H and O–H groups in total. The normalized spacial score (nSPS) is 11.6. The van der Waals surface area contributed by atoms with Crippen molar-refractivity contribution in [3.8, 4) is 5.75 Å². The molecule has 0 amide bonds. The molecule has 0 spiro atoms. The fourth-order valence-electron chi connectivity index (χ4n) is 2.29. The predicted molar refractivity (Wildman–Crippen MR) is 79.5 cm³/mol. The predicted octanol–water partition coefficient (Wildman–Crippen LogP) is 2.89. The van der Waals surface area contributed by atoms with Crippen LogP contribution in [0.4, 0.5) is 0 Å². The van der Waals surface area contributed by atoms with E-state index in [1.54, 1.807) is 7.11 Å². The molecule has 0 aromatic heterocycles. The van der Waals surface area contributed by atoms with E-state index in [9.17, 15) is 5.11 Å². The van der Waals surface area contributed by atoms with Gasteiger partial charge in [-0.15, -0.1) is 0 Å². The van der Waals surface area contributed by atoms with Crippen LogP contribution in [0.3, 0.4) is 0 Å². The molecule has 0 bridgehead atoms. The van der Waals surface area contributed by atoms with Gasteiger partial charge in [-0.25, -0.2) is 0 Å². The summed E-state index contributed by atoms with van der Waals surface area (Å²) in [5.74, 6) is 0.917. The Bertz CT molecular complexity index is 378. The lowest BCUT2D eigenvalue weighted by Crippen LogP contribution is -2.36. The number of methoxy groups -OCH3 is 1. The van der Waals surface area contributed by atoms with Crippen LogP contribution in [0.25, 0.3) is 0 Å². The summed E-state index contributed by atoms with van der Waals surface area (Å²) in [6.45, 7) is 8.18. The lowest BCUT2D eigenvalue weighted by Gasteiger charge is -2.29. The highest BCUT2D eigenvalue weighted by atomic mass is 16.5. The molecule has 0 aliphatic rings. The first-order valence-electron chi connectivity index (χ1n) is 7.06. The highest BCUT2D eigenvalue weighted by Crippen LogP contribution is 2.25. The Kier molecular flexibility index (Phi) is 6.32. The molecule has 0 saturated carbocycles. The number of aryl methyl sites for hydroxylation is 1. The minimum absolute atomic E-state index is 0.00292. The summed E-state index contributed by atoms with van der Waals surface area (Å²) in [4.78, 5) is 0. The largest absolute Gasteiger partial charge is 0.496 e. The molecule has 0 radical (unpaired) electrons. The number of aliphatic hydroxyl groups is 1. The fraction of sp³-hybridized carbons (Fsp3) is 0.625. The molecular weight excluding hydrogens is 238 g/mol. The number of hydrogen-bond acceptors (Lipinski definition) is 3. The van der Waals surface area contributed by atoms with E-state index in [0.29, 0.717) is 0 Å². The van der Waals surface area contributed by atoms with E-state index in [1.807, 2.05) is 6.07 Å². The minimum Gasteiger partial charge on any atom is -0.496 e. The first-order valence-corrected chi connectivity index (χ1v) is 7.06. The molecule has 0 saturated heterocycles. The van der Waals surface area contributed by atoms with Crippen LogP contribution in [0, 0.1) is 12.3 Å². The smallest absolute Gasteiger partial charge is 0.123 e. The fourth-order valence-corrected chi connectivity index (χ4v) is 2.29. The third kappa shape index (κ3) is 4.22. The van der Waals surface area contributed by atoms with Crippen LogP contribution in [-0.2, 0) is 6.54 Å². The van der Waals surface area contributed by atoms with E-state index < -0.39 is 0 Å². The molecule has 0 aliphatic heterocycles. The number of benzene rings is 1. The zero-order valence-electron chi connectivity index (χ0n) is 12.6. The van der Waals surface area contributed by atoms with Gasteiger partial charge < -0.3 is 15.2 Å². The summed E-state index contributed by atoms with van der Waals surface area (Å²) in [7, 11) is 1.70. The number of nitrogens with one attached hydrogen (secondary N) is 1. The van der Waals surface area contributed by atoms with Crippen molar-refractivity contribution in [1.82, 2.24) is 5.32 Å². The molecule has 1 aromatic rings. The summed E-state index contributed by atoms with van der Waals surface area (Å²) in [5, 5.41) is 13.0. The second-order valence-corrected chi connectivity index (χ2v) is 5.28. The maximum atomic E-state index is 9.55. The van der Waals surface area contributed by atoms with Gasteiger partial charge in [-0.3, -0.25) is 0 Å². The van der Waals surface area contributed by atoms with Gasteiger partial charge in [0.15, 0.2) is 0 Å². The number of rotatable bonds is 8. The summed E-state index contributed by atoms with van der Waals surface area (Å²) in [6, 6.07) is 6.20. The second kappa shape index (κ2) is 7.51. The minimum atomic E-state index is -0.00292. The van der Waals surface area contributed by atoms with Crippen LogP contribution < -0.4 is 10.1 Å². The van der Waals surface area contributed by atoms with Gasteiger partial charge in [-0.2, -0.15) is 0 Å². The third-order valence-electron chi connectivity index (χ3n) is 4.09. The molecule has 0 heterocycles. The van der Waals surface area contributed by atoms with Crippen molar-refractivity contribution >= 4 is 0 Å². The Morgan fingerprint density at radius 2 is 1.95 bits per heavy atom. The van der Waals surface area contributed by atoms with Crippen LogP contribution >= 0.6 is 0 Å². The van der Waals surface area contributed by atoms with E-state index in [2.05, 4.69) is 38.2 Å². The van der Waals surface area contributed by atoms with Gasteiger partial charge in [0, 0.05) is 30.7 Å². The molecule has 0 aliphatic carbocycles. The van der Waals surface area contributed by atoms with Crippen LogP contribution in [0.15, 0.2) is 18.2 Å². The van der Waals surface area contributed by atoms with Gasteiger partial charge in [0.2, 0.25) is 0 Å². The number of aliphatic hydroxyl groups excluding tert-OH is 1. The lowest BCUT2D eigenvalue weighted by molar-refractivity contribution is 0.113. The van der Waals surface area contributed by atoms with E-state index in [1.165, 1.54) is 11.1 Å². The Morgan fingerprint density at radius 3 is 2.47 bits per heavy atom. The molecular formula is C16H27NO2. The van der Waals surface area contributed by atoms with Crippen LogP contribution in [0.2, 0.25) is 0 Å². The molecule has 1 aromatic carbocycles. The maximum absolute atomic E-state index is 9.55. The van der Waals surface area contributed by atoms with Crippen molar-refractivity contribution in [3.05, 3.63) is 29.3 Å². The first-order chi connectivity index (χ1) is 9.10. The summed E-state index contributed by atoms with van der Waals surface area (Å²) in [6.07, 6.45) is 1.97. The quantitative estimate of drug-likeness (QED) is 0.759. The third-order valence-corrected chi connectivity index (χ3v) is 4.09. The van der Waals surface area contributed by atoms with Gasteiger partial charge in [-0.05, 0) is 25.8 Å². The zero-order valence-corrected chi connectivity index (χ0v) is 12.6. The average molecular weight is 265 g/mol. The van der Waals surface area contributed by atoms with Gasteiger partial charge in [0.05, 0.1) is 7.11 Å². The SMILES string of the molecule is CCC(CC)(CO)CNCc1cc(C)ccc1OC. The monoisotopic (exact) mass is 265 g/mol. The van der Waals surface area contributed by atoms with E-state index >= 15 is 0 Å². The van der Waals surface area contributed by atoms with Gasteiger partial charge in [0.1, 0.15) is 5.75 Å². The van der Waals surface area contributed by atoms with E-state index in [-0.39, 0.29) is 12.0 Å². The Labute approximate surface area is 117 Å². The van der Waals surface area contributed by atoms with Crippen LogP contribution in [0.1, 0.15) is 37.8 Å². The Morgan fingerprint density at radius 1 is 1.26 bits per heavy atom. The van der Waals surface area contributed by atoms with Crippen molar-refractivity contribution in [1.29, 1.82) is 0 Å². The van der Waals surface area contributed by atoms with Crippen LogP contribution in [0.5, 0.6) is 5.75 Å². The Balaban J connectivity index is 2.64. The first kappa shape index (κ1) is 16.0. The maximum Gasteiger partial charge on any atom is 0.123 e. The highest BCUT2D eigenvalue weighted by molar-refractivity contribution is 5.36. The van der Waals surface area contributed by atoms with Gasteiger partial charge >= 0.3 is 0 Å². The van der Waals surface area contributed by atoms with Crippen molar-refractivity contribution in [2.24, 2.45) is 5.41 Å². The van der Waals surface area contributed by atoms with Crippen molar-refractivity contribution in [2.75, 3.05) is 20.3 Å². The number of ether oxygens (including phenoxy) is 1. The average Bonchev–Trinajstić information content (AvgIpc) is 2.44. The van der Waals surface area contributed by atoms with Crippen molar-refractivity contribution < 1.29 is 9.84 Å². The van der Waals surface area contributed by atoms with Gasteiger partial charge in [0.25, 0.3) is 0 Å².